The smallest absolute Gasteiger partial charge is 0.209 e. The summed E-state index contributed by atoms with van der Waals surface area (Å²) in [4.78, 5) is 4.49. The summed E-state index contributed by atoms with van der Waals surface area (Å²) in [6, 6.07) is 5.62. The van der Waals surface area contributed by atoms with Gasteiger partial charge in [0.25, 0.3) is 0 Å². The molecule has 0 aliphatic carbocycles. The maximum atomic E-state index is 11.5. The minimum absolute atomic E-state index is 0.278. The molecular formula is C17H28N4O4S. The van der Waals surface area contributed by atoms with E-state index in [4.69, 9.17) is 9.47 Å². The SMILES string of the molecule is CCNC(=NCC(C)(C)NS(C)(=O)=O)Nc1ccc2c(c1)OCCCO2. The summed E-state index contributed by atoms with van der Waals surface area (Å²) < 4.78 is 36.8. The van der Waals surface area contributed by atoms with Crippen LogP contribution in [0.4, 0.5) is 5.69 Å². The minimum Gasteiger partial charge on any atom is -0.490 e. The van der Waals surface area contributed by atoms with E-state index in [1.165, 1.54) is 0 Å². The predicted molar refractivity (Wildman–Crippen MR) is 104 cm³/mol. The van der Waals surface area contributed by atoms with Crippen molar-refractivity contribution in [3.05, 3.63) is 18.2 Å². The summed E-state index contributed by atoms with van der Waals surface area (Å²) in [6.45, 7) is 7.76. The van der Waals surface area contributed by atoms with Crippen LogP contribution in [0.3, 0.4) is 0 Å². The lowest BCUT2D eigenvalue weighted by Gasteiger charge is -2.23. The van der Waals surface area contributed by atoms with Crippen LogP contribution in [0.15, 0.2) is 23.2 Å². The molecule has 1 aromatic carbocycles. The largest absolute Gasteiger partial charge is 0.490 e. The first-order valence-electron chi connectivity index (χ1n) is 8.62. The molecule has 1 heterocycles. The number of fused-ring (bicyclic) bond motifs is 1. The molecule has 3 N–H and O–H groups in total. The molecule has 2 rings (SSSR count). The normalized spacial score (nSPS) is 15.3. The fourth-order valence-corrected chi connectivity index (χ4v) is 3.56. The molecule has 0 bridgehead atoms. The molecule has 0 radical (unpaired) electrons. The van der Waals surface area contributed by atoms with Crippen molar-refractivity contribution < 1.29 is 17.9 Å². The zero-order chi connectivity index (χ0) is 19.2. The van der Waals surface area contributed by atoms with E-state index in [0.29, 0.717) is 31.5 Å². The highest BCUT2D eigenvalue weighted by molar-refractivity contribution is 7.88. The van der Waals surface area contributed by atoms with Crippen molar-refractivity contribution in [1.82, 2.24) is 10.0 Å². The number of nitrogens with zero attached hydrogens (tertiary/aromatic N) is 1. The number of ether oxygens (including phenoxy) is 2. The Labute approximate surface area is 155 Å². The second kappa shape index (κ2) is 8.59. The van der Waals surface area contributed by atoms with Gasteiger partial charge in [0.05, 0.1) is 26.0 Å². The Hall–Kier alpha value is -2.00. The van der Waals surface area contributed by atoms with Crippen LogP contribution in [-0.4, -0.2) is 52.5 Å². The standard InChI is InChI=1S/C17H28N4O4S/c1-5-18-16(19-12-17(2,3)21-26(4,22)23)20-13-7-8-14-15(11-13)25-10-6-9-24-14/h7-8,11,21H,5-6,9-10,12H2,1-4H3,(H2,18,19,20). The van der Waals surface area contributed by atoms with Gasteiger partial charge in [-0.25, -0.2) is 13.1 Å². The van der Waals surface area contributed by atoms with Gasteiger partial charge in [-0.3, -0.25) is 4.99 Å². The third-order valence-corrected chi connectivity index (χ3v) is 4.37. The van der Waals surface area contributed by atoms with Crippen LogP contribution in [0.5, 0.6) is 11.5 Å². The fraction of sp³-hybridized carbons (Fsp3) is 0.588. The molecule has 0 saturated heterocycles. The third kappa shape index (κ3) is 6.72. The number of rotatable bonds is 6. The number of nitrogens with one attached hydrogen (secondary N) is 3. The number of hydrogen-bond donors (Lipinski definition) is 3. The van der Waals surface area contributed by atoms with Crippen LogP contribution in [0, 0.1) is 0 Å². The van der Waals surface area contributed by atoms with Crippen molar-refractivity contribution in [2.75, 3.05) is 37.9 Å². The van der Waals surface area contributed by atoms with Crippen molar-refractivity contribution in [3.63, 3.8) is 0 Å². The van der Waals surface area contributed by atoms with E-state index >= 15 is 0 Å². The molecule has 0 amide bonds. The topological polar surface area (TPSA) is 101 Å². The summed E-state index contributed by atoms with van der Waals surface area (Å²) in [5.74, 6) is 1.99. The molecule has 1 aliphatic heterocycles. The van der Waals surface area contributed by atoms with Gasteiger partial charge in [-0.2, -0.15) is 0 Å². The zero-order valence-corrected chi connectivity index (χ0v) is 16.6. The van der Waals surface area contributed by atoms with Crippen LogP contribution in [0.2, 0.25) is 0 Å². The van der Waals surface area contributed by atoms with Crippen molar-refractivity contribution in [2.24, 2.45) is 4.99 Å². The first-order chi connectivity index (χ1) is 12.2. The van der Waals surface area contributed by atoms with Crippen LogP contribution >= 0.6 is 0 Å². The summed E-state index contributed by atoms with van der Waals surface area (Å²) in [7, 11) is -3.31. The van der Waals surface area contributed by atoms with E-state index in [9.17, 15) is 8.42 Å². The van der Waals surface area contributed by atoms with Gasteiger partial charge in [0.15, 0.2) is 17.5 Å². The highest BCUT2D eigenvalue weighted by Crippen LogP contribution is 2.32. The van der Waals surface area contributed by atoms with Gasteiger partial charge in [0.1, 0.15) is 0 Å². The van der Waals surface area contributed by atoms with Crippen LogP contribution < -0.4 is 24.8 Å². The summed E-state index contributed by atoms with van der Waals surface area (Å²) in [5.41, 5.74) is 0.114. The number of anilines is 1. The van der Waals surface area contributed by atoms with Crippen molar-refractivity contribution in [3.8, 4) is 11.5 Å². The molecule has 0 atom stereocenters. The summed E-state index contributed by atoms with van der Waals surface area (Å²) in [6.07, 6.45) is 1.99. The highest BCUT2D eigenvalue weighted by Gasteiger charge is 2.22. The third-order valence-electron chi connectivity index (χ3n) is 3.45. The van der Waals surface area contributed by atoms with Gasteiger partial charge < -0.3 is 20.1 Å². The lowest BCUT2D eigenvalue weighted by atomic mass is 10.1. The van der Waals surface area contributed by atoms with Crippen LogP contribution in [-0.2, 0) is 10.0 Å². The first-order valence-corrected chi connectivity index (χ1v) is 10.5. The highest BCUT2D eigenvalue weighted by atomic mass is 32.2. The molecule has 0 unspecified atom stereocenters. The van der Waals surface area contributed by atoms with E-state index < -0.39 is 15.6 Å². The number of guanidine groups is 1. The lowest BCUT2D eigenvalue weighted by Crippen LogP contribution is -2.46. The lowest BCUT2D eigenvalue weighted by molar-refractivity contribution is 0.297. The molecular weight excluding hydrogens is 356 g/mol. The number of aliphatic imine (C=N–C) groups is 1. The quantitative estimate of drug-likeness (QED) is 0.508. The second-order valence-corrected chi connectivity index (χ2v) is 8.54. The second-order valence-electron chi connectivity index (χ2n) is 6.79. The average molecular weight is 385 g/mol. The molecule has 26 heavy (non-hydrogen) atoms. The zero-order valence-electron chi connectivity index (χ0n) is 15.8. The predicted octanol–water partition coefficient (Wildman–Crippen LogP) is 1.55. The maximum absolute atomic E-state index is 11.5. The summed E-state index contributed by atoms with van der Waals surface area (Å²) >= 11 is 0. The Morgan fingerprint density at radius 2 is 1.92 bits per heavy atom. The Morgan fingerprint density at radius 3 is 2.58 bits per heavy atom. The van der Waals surface area contributed by atoms with E-state index in [1.807, 2.05) is 25.1 Å². The number of sulfonamides is 1. The Bertz CT molecular complexity index is 747. The van der Waals surface area contributed by atoms with Gasteiger partial charge in [-0.05, 0) is 32.9 Å². The molecule has 0 aromatic heterocycles. The van der Waals surface area contributed by atoms with E-state index in [2.05, 4.69) is 20.3 Å². The Kier molecular flexibility index (Phi) is 6.71. The molecule has 0 spiro atoms. The molecule has 1 aliphatic rings. The number of benzene rings is 1. The monoisotopic (exact) mass is 384 g/mol. The molecule has 0 saturated carbocycles. The fourth-order valence-electron chi connectivity index (χ4n) is 2.50. The van der Waals surface area contributed by atoms with Crippen molar-refractivity contribution in [1.29, 1.82) is 0 Å². The molecule has 0 fully saturated rings. The molecule has 9 heteroatoms. The Balaban J connectivity index is 2.11. The van der Waals surface area contributed by atoms with Gasteiger partial charge in [0.2, 0.25) is 10.0 Å². The summed E-state index contributed by atoms with van der Waals surface area (Å²) in [5, 5.41) is 6.36. The van der Waals surface area contributed by atoms with Gasteiger partial charge >= 0.3 is 0 Å². The van der Waals surface area contributed by atoms with Gasteiger partial charge in [-0.1, -0.05) is 0 Å². The van der Waals surface area contributed by atoms with E-state index in [-0.39, 0.29) is 6.54 Å². The molecule has 146 valence electrons. The molecule has 8 nitrogen and oxygen atoms in total. The average Bonchev–Trinajstić information content (AvgIpc) is 2.75. The molecule has 1 aromatic rings. The van der Waals surface area contributed by atoms with E-state index in [1.54, 1.807) is 13.8 Å². The minimum atomic E-state index is -3.31. The van der Waals surface area contributed by atoms with Crippen LogP contribution in [0.1, 0.15) is 27.2 Å². The van der Waals surface area contributed by atoms with Gasteiger partial charge in [-0.15, -0.1) is 0 Å². The first kappa shape index (κ1) is 20.3. The van der Waals surface area contributed by atoms with Crippen LogP contribution in [0.25, 0.3) is 0 Å². The number of hydrogen-bond acceptors (Lipinski definition) is 5. The van der Waals surface area contributed by atoms with Crippen molar-refractivity contribution in [2.45, 2.75) is 32.7 Å². The Morgan fingerprint density at radius 1 is 1.23 bits per heavy atom. The van der Waals surface area contributed by atoms with E-state index in [0.717, 1.165) is 24.1 Å². The van der Waals surface area contributed by atoms with Gasteiger partial charge in [0, 0.05) is 30.3 Å². The van der Waals surface area contributed by atoms with Crippen molar-refractivity contribution >= 4 is 21.7 Å². The maximum Gasteiger partial charge on any atom is 0.209 e.